The van der Waals surface area contributed by atoms with Crippen LogP contribution < -0.4 is 21.2 Å². The standard InChI is InChI=1S/C19H17FN8O3/c1-26-17-16(18(30)27(2)19(26)31)28(10-21-17)9-14(29)24-22-7-12-8-23-25-15(12)11-3-5-13(20)6-4-11/h3-8,10H,9H2,1-2H3,(H2,22,23,24,25,29)/p+1. The molecule has 3 heterocycles. The predicted octanol–water partition coefficient (Wildman–Crippen LogP) is -0.468. The van der Waals surface area contributed by atoms with Crippen molar-refractivity contribution >= 4 is 23.3 Å². The molecule has 1 amide bonds. The number of carbonyl (C=O) groups excluding carboxylic acids is 1. The van der Waals surface area contributed by atoms with Crippen LogP contribution in [0.15, 0.2) is 51.5 Å². The van der Waals surface area contributed by atoms with Gasteiger partial charge < -0.3 is 0 Å². The van der Waals surface area contributed by atoms with Crippen LogP contribution in [0.2, 0.25) is 0 Å². The lowest BCUT2D eigenvalue weighted by Gasteiger charge is -2.02. The van der Waals surface area contributed by atoms with E-state index >= 15 is 0 Å². The largest absolute Gasteiger partial charge is 0.333 e. The van der Waals surface area contributed by atoms with Crippen molar-refractivity contribution in [3.8, 4) is 11.3 Å². The zero-order chi connectivity index (χ0) is 22.1. The van der Waals surface area contributed by atoms with Crippen LogP contribution in [-0.2, 0) is 25.4 Å². The number of nitrogens with zero attached hydrogens (tertiary/aromatic N) is 5. The third-order valence-corrected chi connectivity index (χ3v) is 4.79. The molecule has 12 heteroatoms. The monoisotopic (exact) mass is 425 g/mol. The van der Waals surface area contributed by atoms with Crippen LogP contribution in [-0.4, -0.2) is 36.4 Å². The van der Waals surface area contributed by atoms with Gasteiger partial charge in [0.25, 0.3) is 17.1 Å². The van der Waals surface area contributed by atoms with Crippen LogP contribution >= 0.6 is 0 Å². The van der Waals surface area contributed by atoms with Gasteiger partial charge in [-0.1, -0.05) is 0 Å². The Bertz CT molecular complexity index is 1430. The van der Waals surface area contributed by atoms with Gasteiger partial charge in [-0.25, -0.2) is 24.2 Å². The molecule has 3 N–H and O–H groups in total. The number of H-pyrrole nitrogens is 2. The second kappa shape index (κ2) is 7.82. The number of hydrazone groups is 1. The maximum Gasteiger partial charge on any atom is 0.333 e. The van der Waals surface area contributed by atoms with Crippen molar-refractivity contribution in [2.24, 2.45) is 19.2 Å². The number of hydrogen-bond acceptors (Lipinski definition) is 5. The molecule has 0 atom stereocenters. The second-order valence-corrected chi connectivity index (χ2v) is 6.80. The Morgan fingerprint density at radius 2 is 2.00 bits per heavy atom. The molecule has 31 heavy (non-hydrogen) atoms. The molecular weight excluding hydrogens is 407 g/mol. The van der Waals surface area contributed by atoms with Gasteiger partial charge in [-0.15, -0.1) is 0 Å². The molecule has 0 aliphatic heterocycles. The van der Waals surface area contributed by atoms with Crippen LogP contribution in [0.3, 0.4) is 0 Å². The number of carbonyl (C=O) groups is 1. The molecule has 4 aromatic rings. The second-order valence-electron chi connectivity index (χ2n) is 6.80. The lowest BCUT2D eigenvalue weighted by atomic mass is 10.1. The van der Waals surface area contributed by atoms with Gasteiger partial charge in [0, 0.05) is 25.2 Å². The van der Waals surface area contributed by atoms with Crippen molar-refractivity contribution in [1.29, 1.82) is 0 Å². The van der Waals surface area contributed by atoms with Crippen molar-refractivity contribution in [2.45, 2.75) is 6.54 Å². The summed E-state index contributed by atoms with van der Waals surface area (Å²) >= 11 is 0. The van der Waals surface area contributed by atoms with Gasteiger partial charge in [-0.2, -0.15) is 10.2 Å². The van der Waals surface area contributed by atoms with Crippen LogP contribution in [0.25, 0.3) is 22.4 Å². The van der Waals surface area contributed by atoms with E-state index in [4.69, 9.17) is 0 Å². The molecule has 11 nitrogen and oxygen atoms in total. The Hall–Kier alpha value is -4.35. The zero-order valence-electron chi connectivity index (χ0n) is 16.6. The Morgan fingerprint density at radius 1 is 1.26 bits per heavy atom. The topological polar surface area (TPSA) is 134 Å². The molecule has 1 aromatic carbocycles. The predicted molar refractivity (Wildman–Crippen MR) is 109 cm³/mol. The summed E-state index contributed by atoms with van der Waals surface area (Å²) in [5, 5.41) is 10.7. The molecule has 158 valence electrons. The summed E-state index contributed by atoms with van der Waals surface area (Å²) in [5.41, 5.74) is 3.82. The van der Waals surface area contributed by atoms with Crippen molar-refractivity contribution in [3.05, 3.63) is 69.0 Å². The fourth-order valence-electron chi connectivity index (χ4n) is 3.18. The van der Waals surface area contributed by atoms with E-state index in [1.165, 1.54) is 54.1 Å². The number of aromatic amines is 2. The number of nitrogens with one attached hydrogen (secondary N) is 3. The number of hydrogen-bond donors (Lipinski definition) is 3. The van der Waals surface area contributed by atoms with Gasteiger partial charge in [0.15, 0.2) is 6.54 Å². The Labute approximate surface area is 173 Å². The number of halogens is 1. The van der Waals surface area contributed by atoms with Gasteiger partial charge in [-0.3, -0.25) is 23.8 Å². The lowest BCUT2D eigenvalue weighted by molar-refractivity contribution is -0.659. The number of fused-ring (bicyclic) bond motifs is 1. The normalized spacial score (nSPS) is 11.5. The molecule has 0 saturated carbocycles. The molecule has 0 spiro atoms. The smallest absolute Gasteiger partial charge is 0.277 e. The summed E-state index contributed by atoms with van der Waals surface area (Å²) in [4.78, 5) is 39.6. The first-order chi connectivity index (χ1) is 14.9. The summed E-state index contributed by atoms with van der Waals surface area (Å²) in [6.45, 7) is -0.193. The van der Waals surface area contributed by atoms with Gasteiger partial charge >= 0.3 is 11.2 Å². The van der Waals surface area contributed by atoms with Crippen molar-refractivity contribution in [2.75, 3.05) is 0 Å². The van der Waals surface area contributed by atoms with Crippen molar-refractivity contribution in [1.82, 2.24) is 29.7 Å². The Balaban J connectivity index is 1.51. The minimum absolute atomic E-state index is 0.192. The van der Waals surface area contributed by atoms with E-state index in [0.717, 1.165) is 4.57 Å². The van der Waals surface area contributed by atoms with Gasteiger partial charge in [-0.05, 0) is 24.3 Å². The summed E-state index contributed by atoms with van der Waals surface area (Å²) in [6, 6.07) is 5.86. The quantitative estimate of drug-likeness (QED) is 0.226. The molecule has 0 saturated heterocycles. The highest BCUT2D eigenvalue weighted by Crippen LogP contribution is 2.19. The average Bonchev–Trinajstić information content (AvgIpc) is 3.39. The van der Waals surface area contributed by atoms with Crippen LogP contribution in [0.4, 0.5) is 4.39 Å². The van der Waals surface area contributed by atoms with E-state index in [1.54, 1.807) is 12.1 Å². The fourth-order valence-corrected chi connectivity index (χ4v) is 3.18. The van der Waals surface area contributed by atoms with Gasteiger partial charge in [0.05, 0.1) is 18.1 Å². The van der Waals surface area contributed by atoms with E-state index < -0.39 is 17.2 Å². The van der Waals surface area contributed by atoms with E-state index in [0.29, 0.717) is 22.5 Å². The highest BCUT2D eigenvalue weighted by Gasteiger charge is 2.21. The molecule has 4 rings (SSSR count). The van der Waals surface area contributed by atoms with E-state index in [2.05, 4.69) is 25.7 Å². The highest BCUT2D eigenvalue weighted by molar-refractivity contribution is 5.89. The van der Waals surface area contributed by atoms with Crippen LogP contribution in [0, 0.1) is 5.82 Å². The molecule has 0 unspecified atom stereocenters. The van der Waals surface area contributed by atoms with E-state index in [-0.39, 0.29) is 17.9 Å². The minimum Gasteiger partial charge on any atom is -0.277 e. The third kappa shape index (κ3) is 3.66. The highest BCUT2D eigenvalue weighted by atomic mass is 19.1. The number of rotatable bonds is 5. The molecule has 0 radical (unpaired) electrons. The molecule has 0 fully saturated rings. The zero-order valence-corrected chi connectivity index (χ0v) is 16.6. The molecule has 0 aliphatic carbocycles. The maximum atomic E-state index is 13.1. The molecule has 3 aromatic heterocycles. The Morgan fingerprint density at radius 3 is 2.74 bits per heavy atom. The minimum atomic E-state index is -0.516. The maximum absolute atomic E-state index is 13.1. The average molecular weight is 425 g/mol. The summed E-state index contributed by atoms with van der Waals surface area (Å²) in [5.74, 6) is -0.833. The lowest BCUT2D eigenvalue weighted by Crippen LogP contribution is -2.46. The molecule has 0 aliphatic rings. The SMILES string of the molecule is Cn1c(=O)c2c([nH]c[n+]2CC(=O)N/N=C/c2cn[nH]c2-c2ccc(F)cc2)n(C)c1=O. The number of benzene rings is 1. The first-order valence-corrected chi connectivity index (χ1v) is 9.14. The summed E-state index contributed by atoms with van der Waals surface area (Å²) in [6.07, 6.45) is 4.37. The number of amides is 1. The van der Waals surface area contributed by atoms with Crippen molar-refractivity contribution < 1.29 is 13.8 Å². The van der Waals surface area contributed by atoms with Gasteiger partial charge in [0.2, 0.25) is 6.33 Å². The summed E-state index contributed by atoms with van der Waals surface area (Å²) < 4.78 is 16.8. The number of aryl methyl sites for hydroxylation is 1. The van der Waals surface area contributed by atoms with Crippen LogP contribution in [0.5, 0.6) is 0 Å². The summed E-state index contributed by atoms with van der Waals surface area (Å²) in [7, 11) is 2.90. The van der Waals surface area contributed by atoms with Crippen LogP contribution in [0.1, 0.15) is 5.56 Å². The number of imidazole rings is 1. The molecular formula is C19H18FN8O3+. The first kappa shape index (κ1) is 19.9. The fraction of sp³-hybridized carbons (Fsp3) is 0.158. The molecule has 0 bridgehead atoms. The first-order valence-electron chi connectivity index (χ1n) is 9.14. The van der Waals surface area contributed by atoms with E-state index in [1.807, 2.05) is 0 Å². The van der Waals surface area contributed by atoms with Gasteiger partial charge in [0.1, 0.15) is 5.82 Å². The third-order valence-electron chi connectivity index (χ3n) is 4.79. The Kier molecular flexibility index (Phi) is 5.03. The number of aromatic nitrogens is 6. The van der Waals surface area contributed by atoms with E-state index in [9.17, 15) is 18.8 Å². The van der Waals surface area contributed by atoms with Crippen molar-refractivity contribution in [3.63, 3.8) is 0 Å².